The molecule has 1 aromatic carbocycles. The maximum absolute atomic E-state index is 6.27. The number of nitrogens with two attached hydrogens (primary N) is 1. The van der Waals surface area contributed by atoms with Crippen molar-refractivity contribution in [2.75, 3.05) is 19.6 Å². The van der Waals surface area contributed by atoms with Crippen LogP contribution in [0.3, 0.4) is 0 Å². The van der Waals surface area contributed by atoms with Gasteiger partial charge in [-0.1, -0.05) is 31.5 Å². The number of piperidine rings is 1. The number of likely N-dealkylation sites (tertiary alicyclic amines) is 1. The van der Waals surface area contributed by atoms with Crippen molar-refractivity contribution in [2.45, 2.75) is 51.5 Å². The van der Waals surface area contributed by atoms with Crippen LogP contribution in [0, 0.1) is 6.92 Å². The van der Waals surface area contributed by atoms with Gasteiger partial charge in [-0.05, 0) is 50.9 Å². The van der Waals surface area contributed by atoms with Crippen molar-refractivity contribution in [3.63, 3.8) is 0 Å². The van der Waals surface area contributed by atoms with E-state index in [9.17, 15) is 0 Å². The lowest BCUT2D eigenvalue weighted by Gasteiger charge is -2.40. The standard InChI is InChI=1S/C19H29N3/c1-3-11-22-12-7-6-10-18(22)16(13-20)19-14(2)21-17-9-5-4-8-15(17)19/h4-5,8-9,16,18,21H,3,6-7,10-13,20H2,1-2H3. The number of hydrogen-bond acceptors (Lipinski definition) is 2. The summed E-state index contributed by atoms with van der Waals surface area (Å²) >= 11 is 0. The van der Waals surface area contributed by atoms with Crippen molar-refractivity contribution in [1.29, 1.82) is 0 Å². The third-order valence-electron chi connectivity index (χ3n) is 5.21. The highest BCUT2D eigenvalue weighted by molar-refractivity contribution is 5.85. The molecule has 3 nitrogen and oxygen atoms in total. The van der Waals surface area contributed by atoms with E-state index < -0.39 is 0 Å². The number of hydrogen-bond donors (Lipinski definition) is 2. The number of aromatic amines is 1. The second-order valence-electron chi connectivity index (χ2n) is 6.65. The van der Waals surface area contributed by atoms with E-state index in [1.54, 1.807) is 0 Å². The summed E-state index contributed by atoms with van der Waals surface area (Å²) in [6.07, 6.45) is 5.17. The van der Waals surface area contributed by atoms with Crippen molar-refractivity contribution in [3.05, 3.63) is 35.5 Å². The molecule has 120 valence electrons. The maximum atomic E-state index is 6.27. The van der Waals surface area contributed by atoms with Gasteiger partial charge in [-0.15, -0.1) is 0 Å². The molecule has 0 radical (unpaired) electrons. The molecule has 2 heterocycles. The Hall–Kier alpha value is -1.32. The van der Waals surface area contributed by atoms with E-state index in [1.807, 2.05) is 0 Å². The number of para-hydroxylation sites is 1. The van der Waals surface area contributed by atoms with Crippen LogP contribution in [0.1, 0.15) is 49.8 Å². The maximum Gasteiger partial charge on any atom is 0.0458 e. The van der Waals surface area contributed by atoms with E-state index in [0.717, 1.165) is 6.54 Å². The number of nitrogens with one attached hydrogen (secondary N) is 1. The average molecular weight is 299 g/mol. The summed E-state index contributed by atoms with van der Waals surface area (Å²) < 4.78 is 0. The molecule has 2 atom stereocenters. The van der Waals surface area contributed by atoms with Crippen LogP contribution in [-0.2, 0) is 0 Å². The van der Waals surface area contributed by atoms with Gasteiger partial charge >= 0.3 is 0 Å². The number of fused-ring (bicyclic) bond motifs is 1. The van der Waals surface area contributed by atoms with Crippen molar-refractivity contribution >= 4 is 10.9 Å². The molecule has 2 unspecified atom stereocenters. The van der Waals surface area contributed by atoms with E-state index in [2.05, 4.69) is 48.0 Å². The smallest absolute Gasteiger partial charge is 0.0458 e. The van der Waals surface area contributed by atoms with E-state index in [4.69, 9.17) is 5.73 Å². The Balaban J connectivity index is 1.99. The average Bonchev–Trinajstić information content (AvgIpc) is 2.87. The fraction of sp³-hybridized carbons (Fsp3) is 0.579. The first-order chi connectivity index (χ1) is 10.8. The summed E-state index contributed by atoms with van der Waals surface area (Å²) in [6, 6.07) is 9.24. The first-order valence-corrected chi connectivity index (χ1v) is 8.77. The second kappa shape index (κ2) is 6.84. The Morgan fingerprint density at radius 3 is 2.91 bits per heavy atom. The molecule has 1 fully saturated rings. The molecule has 0 aliphatic carbocycles. The molecule has 1 saturated heterocycles. The zero-order valence-corrected chi connectivity index (χ0v) is 13.9. The van der Waals surface area contributed by atoms with Crippen molar-refractivity contribution in [1.82, 2.24) is 9.88 Å². The third kappa shape index (κ3) is 2.80. The monoisotopic (exact) mass is 299 g/mol. The summed E-state index contributed by atoms with van der Waals surface area (Å²) in [5, 5.41) is 1.36. The Kier molecular flexibility index (Phi) is 4.84. The molecule has 2 aromatic rings. The Morgan fingerprint density at radius 2 is 2.14 bits per heavy atom. The van der Waals surface area contributed by atoms with E-state index >= 15 is 0 Å². The normalized spacial score (nSPS) is 21.3. The summed E-state index contributed by atoms with van der Waals surface area (Å²) in [4.78, 5) is 6.24. The molecule has 1 aliphatic rings. The number of nitrogens with zero attached hydrogens (tertiary/aromatic N) is 1. The lowest BCUT2D eigenvalue weighted by Crippen LogP contribution is -2.45. The van der Waals surface area contributed by atoms with Crippen LogP contribution in [0.25, 0.3) is 10.9 Å². The Labute approximate surface area is 133 Å². The van der Waals surface area contributed by atoms with E-state index in [-0.39, 0.29) is 0 Å². The minimum absolute atomic E-state index is 0.433. The van der Waals surface area contributed by atoms with Gasteiger partial charge in [0.2, 0.25) is 0 Å². The van der Waals surface area contributed by atoms with Crippen LogP contribution in [0.2, 0.25) is 0 Å². The molecule has 3 N–H and O–H groups in total. The number of aryl methyl sites for hydroxylation is 1. The molecular formula is C19H29N3. The summed E-state index contributed by atoms with van der Waals surface area (Å²) in [7, 11) is 0. The van der Waals surface area contributed by atoms with Crippen molar-refractivity contribution in [2.24, 2.45) is 5.73 Å². The van der Waals surface area contributed by atoms with Crippen LogP contribution in [-0.4, -0.2) is 35.6 Å². The lowest BCUT2D eigenvalue weighted by molar-refractivity contribution is 0.127. The highest BCUT2D eigenvalue weighted by Crippen LogP contribution is 2.35. The Bertz CT molecular complexity index is 614. The molecule has 1 aromatic heterocycles. The first-order valence-electron chi connectivity index (χ1n) is 8.77. The fourth-order valence-corrected chi connectivity index (χ4v) is 4.28. The number of benzene rings is 1. The van der Waals surface area contributed by atoms with Crippen LogP contribution in [0.15, 0.2) is 24.3 Å². The van der Waals surface area contributed by atoms with Gasteiger partial charge < -0.3 is 10.7 Å². The summed E-state index contributed by atoms with van der Waals surface area (Å²) in [6.45, 7) is 7.64. The van der Waals surface area contributed by atoms with Gasteiger partial charge in [-0.25, -0.2) is 0 Å². The molecule has 3 rings (SSSR count). The minimum Gasteiger partial charge on any atom is -0.358 e. The van der Waals surface area contributed by atoms with Crippen LogP contribution < -0.4 is 5.73 Å². The van der Waals surface area contributed by atoms with Gasteiger partial charge in [0.25, 0.3) is 0 Å². The third-order valence-corrected chi connectivity index (χ3v) is 5.21. The quantitative estimate of drug-likeness (QED) is 0.882. The number of H-pyrrole nitrogens is 1. The van der Waals surface area contributed by atoms with Crippen LogP contribution >= 0.6 is 0 Å². The molecule has 0 saturated carbocycles. The predicted octanol–water partition coefficient (Wildman–Crippen LogP) is 3.78. The first kappa shape index (κ1) is 15.6. The van der Waals surface area contributed by atoms with Gasteiger partial charge in [-0.3, -0.25) is 4.90 Å². The van der Waals surface area contributed by atoms with Gasteiger partial charge in [0, 0.05) is 35.1 Å². The fourth-order valence-electron chi connectivity index (χ4n) is 4.28. The Morgan fingerprint density at radius 1 is 1.32 bits per heavy atom. The predicted molar refractivity (Wildman–Crippen MR) is 94.3 cm³/mol. The van der Waals surface area contributed by atoms with Gasteiger partial charge in [0.15, 0.2) is 0 Å². The SMILES string of the molecule is CCCN1CCCCC1C(CN)c1c(C)[nH]c2ccccc12. The minimum atomic E-state index is 0.433. The molecule has 22 heavy (non-hydrogen) atoms. The van der Waals surface area contributed by atoms with Crippen molar-refractivity contribution < 1.29 is 0 Å². The highest BCUT2D eigenvalue weighted by atomic mass is 15.2. The topological polar surface area (TPSA) is 45.0 Å². The van der Waals surface area contributed by atoms with Crippen LogP contribution in [0.4, 0.5) is 0 Å². The number of rotatable bonds is 5. The second-order valence-corrected chi connectivity index (χ2v) is 6.65. The molecule has 1 aliphatic heterocycles. The van der Waals surface area contributed by atoms with E-state index in [1.165, 1.54) is 60.9 Å². The van der Waals surface area contributed by atoms with E-state index in [0.29, 0.717) is 12.0 Å². The lowest BCUT2D eigenvalue weighted by atomic mass is 9.83. The van der Waals surface area contributed by atoms with Gasteiger partial charge in [-0.2, -0.15) is 0 Å². The highest BCUT2D eigenvalue weighted by Gasteiger charge is 2.31. The number of aromatic nitrogens is 1. The van der Waals surface area contributed by atoms with Gasteiger partial charge in [0.05, 0.1) is 0 Å². The molecule has 0 spiro atoms. The molecule has 3 heteroatoms. The van der Waals surface area contributed by atoms with Gasteiger partial charge in [0.1, 0.15) is 0 Å². The molecule has 0 amide bonds. The van der Waals surface area contributed by atoms with Crippen LogP contribution in [0.5, 0.6) is 0 Å². The largest absolute Gasteiger partial charge is 0.358 e. The zero-order valence-electron chi connectivity index (χ0n) is 13.9. The molecule has 0 bridgehead atoms. The summed E-state index contributed by atoms with van der Waals surface area (Å²) in [5.41, 5.74) is 10.3. The summed E-state index contributed by atoms with van der Waals surface area (Å²) in [5.74, 6) is 0.433. The zero-order chi connectivity index (χ0) is 15.5. The molecular weight excluding hydrogens is 270 g/mol. The van der Waals surface area contributed by atoms with Crippen molar-refractivity contribution in [3.8, 4) is 0 Å².